The van der Waals surface area contributed by atoms with Crippen molar-refractivity contribution in [2.45, 2.75) is 46.2 Å². The number of rotatable bonds is 3. The van der Waals surface area contributed by atoms with E-state index in [1.807, 2.05) is 43.0 Å². The quantitative estimate of drug-likeness (QED) is 0.932. The van der Waals surface area contributed by atoms with Gasteiger partial charge < -0.3 is 15.1 Å². The molecule has 1 aliphatic heterocycles. The van der Waals surface area contributed by atoms with Gasteiger partial charge in [0, 0.05) is 24.8 Å². The van der Waals surface area contributed by atoms with Crippen LogP contribution in [0.4, 0.5) is 10.5 Å². The van der Waals surface area contributed by atoms with Crippen LogP contribution in [0, 0.1) is 0 Å². The molecule has 1 aromatic rings. The van der Waals surface area contributed by atoms with Crippen molar-refractivity contribution in [3.8, 4) is 0 Å². The van der Waals surface area contributed by atoms with Crippen LogP contribution in [0.5, 0.6) is 0 Å². The Bertz CT molecular complexity index is 557. The zero-order valence-electron chi connectivity index (χ0n) is 13.8. The lowest BCUT2D eigenvalue weighted by molar-refractivity contribution is -0.124. The number of piperazine rings is 1. The number of para-hydroxylation sites is 1. The number of hydrogen-bond acceptors (Lipinski definition) is 2. The molecule has 3 amide bonds. The number of aryl methyl sites for hydroxylation is 1. The molecule has 1 heterocycles. The van der Waals surface area contributed by atoms with E-state index in [2.05, 4.69) is 12.2 Å². The highest BCUT2D eigenvalue weighted by atomic mass is 16.2. The third kappa shape index (κ3) is 3.24. The van der Waals surface area contributed by atoms with Crippen molar-refractivity contribution in [1.82, 2.24) is 10.2 Å². The van der Waals surface area contributed by atoms with Crippen molar-refractivity contribution in [3.63, 3.8) is 0 Å². The number of anilines is 1. The molecule has 0 aromatic heterocycles. The topological polar surface area (TPSA) is 52.6 Å². The van der Waals surface area contributed by atoms with Gasteiger partial charge in [-0.05, 0) is 38.8 Å². The summed E-state index contributed by atoms with van der Waals surface area (Å²) in [6.45, 7) is 8.79. The van der Waals surface area contributed by atoms with E-state index in [1.54, 1.807) is 11.8 Å². The van der Waals surface area contributed by atoms with E-state index in [9.17, 15) is 9.59 Å². The molecule has 1 aromatic carbocycles. The summed E-state index contributed by atoms with van der Waals surface area (Å²) in [5.41, 5.74) is 2.12. The number of carbonyl (C=O) groups excluding carboxylic acids is 2. The van der Waals surface area contributed by atoms with Crippen LogP contribution in [-0.4, -0.2) is 42.0 Å². The van der Waals surface area contributed by atoms with Gasteiger partial charge in [0.2, 0.25) is 5.91 Å². The highest BCUT2D eigenvalue weighted by molar-refractivity contribution is 6.00. The standard InChI is InChI=1S/C17H25N3O2/c1-5-14-8-6-7-9-15(14)20-11-10-19(13(4)16(20)21)17(22)18-12(2)3/h6-9,12-13H,5,10-11H2,1-4H3,(H,18,22). The molecule has 0 saturated carbocycles. The summed E-state index contributed by atoms with van der Waals surface area (Å²) in [6.07, 6.45) is 0.881. The van der Waals surface area contributed by atoms with E-state index in [1.165, 1.54) is 0 Å². The molecule has 120 valence electrons. The molecule has 2 rings (SSSR count). The Labute approximate surface area is 132 Å². The second-order valence-electron chi connectivity index (χ2n) is 5.95. The Balaban J connectivity index is 2.17. The Kier molecular flexibility index (Phi) is 5.06. The van der Waals surface area contributed by atoms with E-state index in [-0.39, 0.29) is 18.0 Å². The Morgan fingerprint density at radius 3 is 2.64 bits per heavy atom. The van der Waals surface area contributed by atoms with Crippen LogP contribution < -0.4 is 10.2 Å². The summed E-state index contributed by atoms with van der Waals surface area (Å²) < 4.78 is 0. The second-order valence-corrected chi connectivity index (χ2v) is 5.95. The van der Waals surface area contributed by atoms with Crippen molar-refractivity contribution in [3.05, 3.63) is 29.8 Å². The van der Waals surface area contributed by atoms with Gasteiger partial charge in [-0.1, -0.05) is 25.1 Å². The van der Waals surface area contributed by atoms with Crippen molar-refractivity contribution >= 4 is 17.6 Å². The first-order valence-corrected chi connectivity index (χ1v) is 7.92. The number of nitrogens with zero attached hydrogens (tertiary/aromatic N) is 2. The van der Waals surface area contributed by atoms with Crippen LogP contribution in [-0.2, 0) is 11.2 Å². The van der Waals surface area contributed by atoms with Gasteiger partial charge in [-0.25, -0.2) is 4.79 Å². The maximum Gasteiger partial charge on any atom is 0.318 e. The maximum absolute atomic E-state index is 12.7. The largest absolute Gasteiger partial charge is 0.336 e. The first-order chi connectivity index (χ1) is 10.5. The van der Waals surface area contributed by atoms with Gasteiger partial charge in [-0.2, -0.15) is 0 Å². The Morgan fingerprint density at radius 2 is 2.00 bits per heavy atom. The van der Waals surface area contributed by atoms with Gasteiger partial charge in [-0.15, -0.1) is 0 Å². The molecule has 22 heavy (non-hydrogen) atoms. The maximum atomic E-state index is 12.7. The fraction of sp³-hybridized carbons (Fsp3) is 0.529. The van der Waals surface area contributed by atoms with Crippen LogP contribution in [0.1, 0.15) is 33.3 Å². The highest BCUT2D eigenvalue weighted by Gasteiger charge is 2.35. The summed E-state index contributed by atoms with van der Waals surface area (Å²) in [5, 5.41) is 2.86. The molecule has 1 aliphatic rings. The average molecular weight is 303 g/mol. The smallest absolute Gasteiger partial charge is 0.318 e. The molecule has 5 heteroatoms. The third-order valence-electron chi connectivity index (χ3n) is 3.99. The molecule has 0 bridgehead atoms. The Morgan fingerprint density at radius 1 is 1.32 bits per heavy atom. The highest BCUT2D eigenvalue weighted by Crippen LogP contribution is 2.25. The van der Waals surface area contributed by atoms with Crippen molar-refractivity contribution in [2.24, 2.45) is 0 Å². The number of carbonyl (C=O) groups is 2. The molecule has 1 fully saturated rings. The Hall–Kier alpha value is -2.04. The minimum atomic E-state index is -0.447. The van der Waals surface area contributed by atoms with E-state index >= 15 is 0 Å². The minimum absolute atomic E-state index is 0.0222. The molecule has 5 nitrogen and oxygen atoms in total. The van der Waals surface area contributed by atoms with Crippen molar-refractivity contribution in [1.29, 1.82) is 0 Å². The summed E-state index contributed by atoms with van der Waals surface area (Å²) >= 11 is 0. The fourth-order valence-electron chi connectivity index (χ4n) is 2.79. The van der Waals surface area contributed by atoms with Gasteiger partial charge in [0.25, 0.3) is 0 Å². The molecule has 1 atom stereocenters. The van der Waals surface area contributed by atoms with E-state index in [0.29, 0.717) is 13.1 Å². The summed E-state index contributed by atoms with van der Waals surface area (Å²) in [6, 6.07) is 7.41. The van der Waals surface area contributed by atoms with Crippen molar-refractivity contribution < 1.29 is 9.59 Å². The molecule has 0 aliphatic carbocycles. The number of nitrogens with one attached hydrogen (secondary N) is 1. The number of amides is 3. The molecule has 1 unspecified atom stereocenters. The van der Waals surface area contributed by atoms with Crippen LogP contribution >= 0.6 is 0 Å². The lowest BCUT2D eigenvalue weighted by atomic mass is 10.1. The predicted octanol–water partition coefficient (Wildman–Crippen LogP) is 2.40. The molecular formula is C17H25N3O2. The first kappa shape index (κ1) is 16.3. The number of hydrogen-bond donors (Lipinski definition) is 1. The first-order valence-electron chi connectivity index (χ1n) is 7.92. The normalized spacial score (nSPS) is 18.8. The fourth-order valence-corrected chi connectivity index (χ4v) is 2.79. The number of benzene rings is 1. The molecule has 1 N–H and O–H groups in total. The zero-order chi connectivity index (χ0) is 16.3. The average Bonchev–Trinajstić information content (AvgIpc) is 2.49. The third-order valence-corrected chi connectivity index (χ3v) is 3.99. The van der Waals surface area contributed by atoms with Crippen molar-refractivity contribution in [2.75, 3.05) is 18.0 Å². The van der Waals surface area contributed by atoms with Crippen LogP contribution in [0.2, 0.25) is 0 Å². The van der Waals surface area contributed by atoms with Crippen LogP contribution in [0.15, 0.2) is 24.3 Å². The van der Waals surface area contributed by atoms with E-state index in [4.69, 9.17) is 0 Å². The lowest BCUT2D eigenvalue weighted by Gasteiger charge is -2.39. The molecule has 0 spiro atoms. The van der Waals surface area contributed by atoms with Gasteiger partial charge in [0.1, 0.15) is 6.04 Å². The molecular weight excluding hydrogens is 278 g/mol. The van der Waals surface area contributed by atoms with Gasteiger partial charge >= 0.3 is 6.03 Å². The number of urea groups is 1. The van der Waals surface area contributed by atoms with Gasteiger partial charge in [0.15, 0.2) is 0 Å². The monoisotopic (exact) mass is 303 g/mol. The van der Waals surface area contributed by atoms with E-state index < -0.39 is 6.04 Å². The molecule has 0 radical (unpaired) electrons. The van der Waals surface area contributed by atoms with E-state index in [0.717, 1.165) is 17.7 Å². The SMILES string of the molecule is CCc1ccccc1N1CCN(C(=O)NC(C)C)C(C)C1=O. The minimum Gasteiger partial charge on any atom is -0.336 e. The van der Waals surface area contributed by atoms with Gasteiger partial charge in [-0.3, -0.25) is 4.79 Å². The summed E-state index contributed by atoms with van der Waals surface area (Å²) in [4.78, 5) is 28.3. The van der Waals surface area contributed by atoms with Gasteiger partial charge in [0.05, 0.1) is 0 Å². The summed E-state index contributed by atoms with van der Waals surface area (Å²) in [7, 11) is 0. The predicted molar refractivity (Wildman–Crippen MR) is 88.0 cm³/mol. The van der Waals surface area contributed by atoms with Crippen LogP contribution in [0.3, 0.4) is 0 Å². The summed E-state index contributed by atoms with van der Waals surface area (Å²) in [5.74, 6) is -0.0222. The second kappa shape index (κ2) is 6.81. The van der Waals surface area contributed by atoms with Crippen LogP contribution in [0.25, 0.3) is 0 Å². The lowest BCUT2D eigenvalue weighted by Crippen LogP contribution is -2.60. The molecule has 1 saturated heterocycles. The zero-order valence-corrected chi connectivity index (χ0v) is 13.8.